The summed E-state index contributed by atoms with van der Waals surface area (Å²) in [7, 11) is -3.82. The summed E-state index contributed by atoms with van der Waals surface area (Å²) < 4.78 is 23.0. The molecular formula is C21H19N3O3S2. The normalized spacial score (nSPS) is 12.8. The van der Waals surface area contributed by atoms with Gasteiger partial charge in [0, 0.05) is 28.4 Å². The first-order valence-electron chi connectivity index (χ1n) is 8.98. The van der Waals surface area contributed by atoms with Crippen LogP contribution in [0.4, 0.5) is 17.1 Å². The molecule has 0 aliphatic carbocycles. The van der Waals surface area contributed by atoms with Crippen molar-refractivity contribution in [3.8, 4) is 0 Å². The van der Waals surface area contributed by atoms with Gasteiger partial charge in [0.25, 0.3) is 0 Å². The lowest BCUT2D eigenvalue weighted by Gasteiger charge is -2.32. The van der Waals surface area contributed by atoms with Crippen molar-refractivity contribution in [2.75, 3.05) is 16.8 Å². The van der Waals surface area contributed by atoms with E-state index in [2.05, 4.69) is 22.3 Å². The second-order valence-electron chi connectivity index (χ2n) is 6.56. The van der Waals surface area contributed by atoms with Crippen LogP contribution in [0.15, 0.2) is 87.5 Å². The van der Waals surface area contributed by atoms with Crippen LogP contribution in [-0.2, 0) is 14.8 Å². The second kappa shape index (κ2) is 7.90. The van der Waals surface area contributed by atoms with E-state index in [9.17, 15) is 13.2 Å². The van der Waals surface area contributed by atoms with Gasteiger partial charge in [-0.1, -0.05) is 42.1 Å². The molecule has 148 valence electrons. The van der Waals surface area contributed by atoms with E-state index in [-0.39, 0.29) is 17.2 Å². The van der Waals surface area contributed by atoms with E-state index in [4.69, 9.17) is 5.14 Å². The first-order valence-corrected chi connectivity index (χ1v) is 11.3. The smallest absolute Gasteiger partial charge is 0.238 e. The van der Waals surface area contributed by atoms with E-state index < -0.39 is 10.0 Å². The number of amides is 1. The minimum atomic E-state index is -3.82. The summed E-state index contributed by atoms with van der Waals surface area (Å²) >= 11 is 1.72. The Balaban J connectivity index is 1.50. The number of anilines is 3. The van der Waals surface area contributed by atoms with Gasteiger partial charge in [-0.3, -0.25) is 4.79 Å². The van der Waals surface area contributed by atoms with Crippen molar-refractivity contribution in [3.63, 3.8) is 0 Å². The van der Waals surface area contributed by atoms with Crippen LogP contribution in [0.1, 0.15) is 6.42 Å². The van der Waals surface area contributed by atoms with Crippen molar-refractivity contribution < 1.29 is 13.2 Å². The van der Waals surface area contributed by atoms with Gasteiger partial charge in [-0.05, 0) is 42.5 Å². The first kappa shape index (κ1) is 19.5. The van der Waals surface area contributed by atoms with Crippen LogP contribution in [-0.4, -0.2) is 20.9 Å². The SMILES string of the molecule is NS(=O)(=O)c1cccc(NC(=O)CCN2c3ccccc3Sc3ccccc32)c1. The molecule has 0 fully saturated rings. The van der Waals surface area contributed by atoms with E-state index in [0.29, 0.717) is 12.2 Å². The third-order valence-electron chi connectivity index (χ3n) is 4.54. The van der Waals surface area contributed by atoms with Gasteiger partial charge in [0.15, 0.2) is 0 Å². The number of carbonyl (C=O) groups excluding carboxylic acids is 1. The average molecular weight is 426 g/mol. The van der Waals surface area contributed by atoms with E-state index in [1.165, 1.54) is 12.1 Å². The maximum absolute atomic E-state index is 12.5. The highest BCUT2D eigenvalue weighted by Crippen LogP contribution is 2.47. The molecule has 29 heavy (non-hydrogen) atoms. The van der Waals surface area contributed by atoms with Crippen molar-refractivity contribution >= 4 is 44.8 Å². The number of nitrogens with one attached hydrogen (secondary N) is 1. The zero-order valence-electron chi connectivity index (χ0n) is 15.4. The zero-order valence-corrected chi connectivity index (χ0v) is 17.0. The topological polar surface area (TPSA) is 92.5 Å². The number of carbonyl (C=O) groups is 1. The summed E-state index contributed by atoms with van der Waals surface area (Å²) in [5.41, 5.74) is 2.54. The summed E-state index contributed by atoms with van der Waals surface area (Å²) in [6.07, 6.45) is 0.243. The molecule has 0 saturated carbocycles. The molecule has 8 heteroatoms. The first-order chi connectivity index (χ1) is 13.9. The number of benzene rings is 3. The lowest BCUT2D eigenvalue weighted by Crippen LogP contribution is -2.26. The molecule has 0 atom stereocenters. The van der Waals surface area contributed by atoms with E-state index in [1.807, 2.05) is 36.4 Å². The fraction of sp³-hybridized carbons (Fsp3) is 0.0952. The number of hydrogen-bond donors (Lipinski definition) is 2. The van der Waals surface area contributed by atoms with Gasteiger partial charge < -0.3 is 10.2 Å². The third-order valence-corrected chi connectivity index (χ3v) is 6.58. The minimum absolute atomic E-state index is 0.0359. The molecule has 0 saturated heterocycles. The summed E-state index contributed by atoms with van der Waals surface area (Å²) in [6.45, 7) is 0.495. The largest absolute Gasteiger partial charge is 0.339 e. The molecule has 0 radical (unpaired) electrons. The maximum atomic E-state index is 12.5. The van der Waals surface area contributed by atoms with Crippen LogP contribution in [0, 0.1) is 0 Å². The highest BCUT2D eigenvalue weighted by Gasteiger charge is 2.23. The van der Waals surface area contributed by atoms with Crippen molar-refractivity contribution in [2.45, 2.75) is 21.1 Å². The number of nitrogens with zero attached hydrogens (tertiary/aromatic N) is 1. The number of fused-ring (bicyclic) bond motifs is 2. The van der Waals surface area contributed by atoms with Crippen LogP contribution in [0.2, 0.25) is 0 Å². The molecule has 1 aliphatic rings. The predicted octanol–water partition coefficient (Wildman–Crippen LogP) is 3.97. The number of para-hydroxylation sites is 2. The average Bonchev–Trinajstić information content (AvgIpc) is 2.70. The Morgan fingerprint density at radius 1 is 0.931 bits per heavy atom. The van der Waals surface area contributed by atoms with Gasteiger partial charge in [0.1, 0.15) is 0 Å². The molecule has 3 aromatic carbocycles. The molecule has 1 heterocycles. The number of primary sulfonamides is 1. The highest BCUT2D eigenvalue weighted by molar-refractivity contribution is 7.99. The van der Waals surface area contributed by atoms with E-state index >= 15 is 0 Å². The van der Waals surface area contributed by atoms with Crippen LogP contribution in [0.5, 0.6) is 0 Å². The Kier molecular flexibility index (Phi) is 5.31. The van der Waals surface area contributed by atoms with Crippen molar-refractivity contribution in [1.82, 2.24) is 0 Å². The van der Waals surface area contributed by atoms with Gasteiger partial charge in [-0.15, -0.1) is 0 Å². The lowest BCUT2D eigenvalue weighted by molar-refractivity contribution is -0.116. The Morgan fingerprint density at radius 3 is 2.17 bits per heavy atom. The molecule has 0 aromatic heterocycles. The molecule has 6 nitrogen and oxygen atoms in total. The summed E-state index contributed by atoms with van der Waals surface area (Å²) in [4.78, 5) is 16.9. The van der Waals surface area contributed by atoms with Crippen molar-refractivity contribution in [2.24, 2.45) is 5.14 Å². The van der Waals surface area contributed by atoms with Gasteiger partial charge >= 0.3 is 0 Å². The van der Waals surface area contributed by atoms with Crippen molar-refractivity contribution in [1.29, 1.82) is 0 Å². The molecule has 1 amide bonds. The standard InChI is InChI=1S/C21H19N3O3S2/c22-29(26,27)16-7-5-6-15(14-16)23-21(25)12-13-24-17-8-1-3-10-19(17)28-20-11-4-2-9-18(20)24/h1-11,14H,12-13H2,(H,23,25)(H2,22,26,27). The van der Waals surface area contributed by atoms with Crippen LogP contribution < -0.4 is 15.4 Å². The van der Waals surface area contributed by atoms with Gasteiger partial charge in [-0.25, -0.2) is 13.6 Å². The fourth-order valence-corrected chi connectivity index (χ4v) is 4.86. The van der Waals surface area contributed by atoms with Crippen LogP contribution >= 0.6 is 11.8 Å². The monoisotopic (exact) mass is 425 g/mol. The van der Waals surface area contributed by atoms with E-state index in [1.54, 1.807) is 23.9 Å². The Bertz CT molecular complexity index is 1130. The number of nitrogens with two attached hydrogens (primary N) is 1. The second-order valence-corrected chi connectivity index (χ2v) is 9.21. The molecule has 3 N–H and O–H groups in total. The number of sulfonamides is 1. The molecule has 1 aliphatic heterocycles. The lowest BCUT2D eigenvalue weighted by atomic mass is 10.2. The Labute approximate surface area is 173 Å². The van der Waals surface area contributed by atoms with Gasteiger partial charge in [-0.2, -0.15) is 0 Å². The minimum Gasteiger partial charge on any atom is -0.339 e. The molecule has 4 rings (SSSR count). The van der Waals surface area contributed by atoms with Crippen molar-refractivity contribution in [3.05, 3.63) is 72.8 Å². The van der Waals surface area contributed by atoms with Crippen LogP contribution in [0.3, 0.4) is 0 Å². The predicted molar refractivity (Wildman–Crippen MR) is 115 cm³/mol. The number of rotatable bonds is 5. The molecule has 0 spiro atoms. The fourth-order valence-electron chi connectivity index (χ4n) is 3.21. The molecular weight excluding hydrogens is 406 g/mol. The molecule has 0 unspecified atom stereocenters. The summed E-state index contributed by atoms with van der Waals surface area (Å²) in [5.74, 6) is -0.204. The maximum Gasteiger partial charge on any atom is 0.238 e. The van der Waals surface area contributed by atoms with Gasteiger partial charge in [0.05, 0.1) is 16.3 Å². The van der Waals surface area contributed by atoms with Crippen LogP contribution in [0.25, 0.3) is 0 Å². The third kappa shape index (κ3) is 4.29. The highest BCUT2D eigenvalue weighted by atomic mass is 32.2. The summed E-state index contributed by atoms with van der Waals surface area (Å²) in [6, 6.07) is 22.1. The number of hydrogen-bond acceptors (Lipinski definition) is 5. The molecule has 3 aromatic rings. The zero-order chi connectivity index (χ0) is 20.4. The van der Waals surface area contributed by atoms with Gasteiger partial charge in [0.2, 0.25) is 15.9 Å². The molecule has 0 bridgehead atoms. The Morgan fingerprint density at radius 2 is 1.55 bits per heavy atom. The quantitative estimate of drug-likeness (QED) is 0.645. The Hall–Kier alpha value is -2.81. The van der Waals surface area contributed by atoms with E-state index in [0.717, 1.165) is 21.2 Å². The summed E-state index contributed by atoms with van der Waals surface area (Å²) in [5, 5.41) is 7.91.